The van der Waals surface area contributed by atoms with Crippen LogP contribution in [0.25, 0.3) is 0 Å². The molecule has 0 spiro atoms. The fourth-order valence-electron chi connectivity index (χ4n) is 2.19. The van der Waals surface area contributed by atoms with Gasteiger partial charge in [0.2, 0.25) is 0 Å². The van der Waals surface area contributed by atoms with Crippen LogP contribution in [0.1, 0.15) is 23.7 Å². The van der Waals surface area contributed by atoms with Crippen LogP contribution < -0.4 is 8.92 Å². The van der Waals surface area contributed by atoms with Gasteiger partial charge in [0.15, 0.2) is 11.5 Å². The van der Waals surface area contributed by atoms with E-state index in [4.69, 9.17) is 8.92 Å². The van der Waals surface area contributed by atoms with Crippen LogP contribution >= 0.6 is 15.9 Å². The Morgan fingerprint density at radius 2 is 1.88 bits per heavy atom. The largest absolute Gasteiger partial charge is 0.493 e. The van der Waals surface area contributed by atoms with Crippen LogP contribution in [0, 0.1) is 6.92 Å². The zero-order valence-corrected chi connectivity index (χ0v) is 16.3. The first-order valence-electron chi connectivity index (χ1n) is 7.46. The zero-order chi connectivity index (χ0) is 18.6. The van der Waals surface area contributed by atoms with Crippen LogP contribution in [0.5, 0.6) is 11.5 Å². The molecule has 0 heterocycles. The van der Waals surface area contributed by atoms with Gasteiger partial charge in [-0.05, 0) is 43.2 Å². The number of methoxy groups -OCH3 is 1. The van der Waals surface area contributed by atoms with E-state index < -0.39 is 16.2 Å². The maximum Gasteiger partial charge on any atom is 0.339 e. The van der Waals surface area contributed by atoms with E-state index in [0.717, 1.165) is 5.56 Å². The summed E-state index contributed by atoms with van der Waals surface area (Å²) < 4.78 is 36.1. The Hall–Kier alpha value is -1.83. The predicted octanol–water partition coefficient (Wildman–Crippen LogP) is 4.14. The Balaban J connectivity index is 2.44. The van der Waals surface area contributed by atoms with E-state index in [1.54, 1.807) is 24.3 Å². The molecule has 1 atom stereocenters. The molecule has 0 saturated carbocycles. The molecule has 0 amide bonds. The predicted molar refractivity (Wildman–Crippen MR) is 99.5 cm³/mol. The number of aliphatic hydroxyl groups is 1. The van der Waals surface area contributed by atoms with Gasteiger partial charge < -0.3 is 14.0 Å². The average Bonchev–Trinajstić information content (AvgIpc) is 2.56. The van der Waals surface area contributed by atoms with Gasteiger partial charge in [-0.2, -0.15) is 8.42 Å². The number of hydrogen-bond acceptors (Lipinski definition) is 5. The van der Waals surface area contributed by atoms with Crippen LogP contribution in [-0.4, -0.2) is 20.6 Å². The van der Waals surface area contributed by atoms with Crippen molar-refractivity contribution >= 4 is 26.0 Å². The molecule has 1 N–H and O–H groups in total. The Morgan fingerprint density at radius 1 is 1.24 bits per heavy atom. The van der Waals surface area contributed by atoms with Gasteiger partial charge in [-0.3, -0.25) is 0 Å². The number of halogens is 1. The van der Waals surface area contributed by atoms with Gasteiger partial charge in [0.25, 0.3) is 0 Å². The highest BCUT2D eigenvalue weighted by atomic mass is 79.9. The number of benzene rings is 2. The molecule has 0 radical (unpaired) electrons. The summed E-state index contributed by atoms with van der Waals surface area (Å²) in [5.74, 6) is 0.238. The van der Waals surface area contributed by atoms with Gasteiger partial charge in [-0.15, -0.1) is 6.58 Å². The third kappa shape index (κ3) is 4.62. The summed E-state index contributed by atoms with van der Waals surface area (Å²) in [5.41, 5.74) is 1.42. The minimum Gasteiger partial charge on any atom is -0.493 e. The van der Waals surface area contributed by atoms with Gasteiger partial charge in [-0.25, -0.2) is 0 Å². The Kier molecular flexibility index (Phi) is 6.26. The first-order valence-corrected chi connectivity index (χ1v) is 9.66. The number of aryl methyl sites for hydroxylation is 1. The van der Waals surface area contributed by atoms with E-state index in [1.165, 1.54) is 25.3 Å². The summed E-state index contributed by atoms with van der Waals surface area (Å²) in [6, 6.07) is 9.33. The molecule has 2 aromatic carbocycles. The molecule has 1 unspecified atom stereocenters. The lowest BCUT2D eigenvalue weighted by Crippen LogP contribution is -2.11. The topological polar surface area (TPSA) is 72.8 Å². The molecule has 0 bridgehead atoms. The van der Waals surface area contributed by atoms with Crippen LogP contribution in [-0.2, 0) is 10.1 Å². The van der Waals surface area contributed by atoms with E-state index in [2.05, 4.69) is 22.5 Å². The second-order valence-corrected chi connectivity index (χ2v) is 7.82. The van der Waals surface area contributed by atoms with E-state index in [0.29, 0.717) is 16.5 Å². The SMILES string of the molecule is C=CCC(O)c1cc(OS(=O)(=O)c2ccc(C)cc2)c(OC)cc1Br. The highest BCUT2D eigenvalue weighted by Crippen LogP contribution is 2.38. The Labute approximate surface area is 156 Å². The molecule has 0 aliphatic carbocycles. The second kappa shape index (κ2) is 8.03. The van der Waals surface area contributed by atoms with Crippen molar-refractivity contribution in [2.75, 3.05) is 7.11 Å². The third-order valence-corrected chi connectivity index (χ3v) is 5.48. The van der Waals surface area contributed by atoms with E-state index >= 15 is 0 Å². The lowest BCUT2D eigenvalue weighted by atomic mass is 10.1. The quantitative estimate of drug-likeness (QED) is 0.531. The summed E-state index contributed by atoms with van der Waals surface area (Å²) in [4.78, 5) is 0.0382. The standard InChI is InChI=1S/C18H19BrO5S/c1-4-5-16(20)14-10-18(17(23-3)11-15(14)19)24-25(21,22)13-8-6-12(2)7-9-13/h4,6-11,16,20H,1,5H2,2-3H3. The highest BCUT2D eigenvalue weighted by molar-refractivity contribution is 9.10. The van der Waals surface area contributed by atoms with Crippen molar-refractivity contribution < 1.29 is 22.4 Å². The molecule has 0 aromatic heterocycles. The molecule has 5 nitrogen and oxygen atoms in total. The Morgan fingerprint density at radius 3 is 2.44 bits per heavy atom. The molecular formula is C18H19BrO5S. The van der Waals surface area contributed by atoms with Crippen molar-refractivity contribution in [3.8, 4) is 11.5 Å². The second-order valence-electron chi connectivity index (χ2n) is 5.42. The average molecular weight is 427 g/mol. The maximum atomic E-state index is 12.5. The lowest BCUT2D eigenvalue weighted by Gasteiger charge is -2.16. The van der Waals surface area contributed by atoms with Crippen molar-refractivity contribution in [2.24, 2.45) is 0 Å². The monoisotopic (exact) mass is 426 g/mol. The molecule has 0 saturated heterocycles. The minimum atomic E-state index is -4.03. The smallest absolute Gasteiger partial charge is 0.339 e. The van der Waals surface area contributed by atoms with Crippen LogP contribution in [0.15, 0.2) is 58.4 Å². The van der Waals surface area contributed by atoms with Gasteiger partial charge in [0, 0.05) is 4.47 Å². The summed E-state index contributed by atoms with van der Waals surface area (Å²) in [7, 11) is -2.62. The molecule has 2 aromatic rings. The molecule has 0 aliphatic rings. The molecule has 25 heavy (non-hydrogen) atoms. The third-order valence-electron chi connectivity index (χ3n) is 3.54. The van der Waals surface area contributed by atoms with Crippen molar-refractivity contribution in [3.05, 3.63) is 64.7 Å². The number of hydrogen-bond donors (Lipinski definition) is 1. The summed E-state index contributed by atoms with van der Waals surface area (Å²) in [6.45, 7) is 5.45. The van der Waals surface area contributed by atoms with Crippen molar-refractivity contribution in [3.63, 3.8) is 0 Å². The number of rotatable bonds is 7. The maximum absolute atomic E-state index is 12.5. The van der Waals surface area contributed by atoms with Crippen LogP contribution in [0.2, 0.25) is 0 Å². The van der Waals surface area contributed by atoms with Crippen molar-refractivity contribution in [1.82, 2.24) is 0 Å². The molecule has 2 rings (SSSR count). The number of ether oxygens (including phenoxy) is 1. The van der Waals surface area contributed by atoms with E-state index in [1.807, 2.05) is 6.92 Å². The summed E-state index contributed by atoms with van der Waals surface area (Å²) in [5, 5.41) is 10.2. The molecule has 0 aliphatic heterocycles. The van der Waals surface area contributed by atoms with E-state index in [9.17, 15) is 13.5 Å². The fraction of sp³-hybridized carbons (Fsp3) is 0.222. The van der Waals surface area contributed by atoms with E-state index in [-0.39, 0.29) is 16.4 Å². The van der Waals surface area contributed by atoms with Gasteiger partial charge in [0.05, 0.1) is 13.2 Å². The summed E-state index contributed by atoms with van der Waals surface area (Å²) >= 11 is 3.35. The minimum absolute atomic E-state index is 0.00406. The van der Waals surface area contributed by atoms with Gasteiger partial charge >= 0.3 is 10.1 Å². The van der Waals surface area contributed by atoms with Crippen molar-refractivity contribution in [2.45, 2.75) is 24.3 Å². The zero-order valence-electron chi connectivity index (χ0n) is 13.9. The van der Waals surface area contributed by atoms with Crippen LogP contribution in [0.4, 0.5) is 0 Å². The molecule has 0 fully saturated rings. The highest BCUT2D eigenvalue weighted by Gasteiger charge is 2.22. The molecule has 7 heteroatoms. The van der Waals surface area contributed by atoms with Gasteiger partial charge in [0.1, 0.15) is 4.90 Å². The normalized spacial score (nSPS) is 12.5. The Bertz CT molecular complexity index is 860. The molecular weight excluding hydrogens is 408 g/mol. The summed E-state index contributed by atoms with van der Waals surface area (Å²) in [6.07, 6.45) is 1.04. The van der Waals surface area contributed by atoms with Crippen molar-refractivity contribution in [1.29, 1.82) is 0 Å². The van der Waals surface area contributed by atoms with Gasteiger partial charge in [-0.1, -0.05) is 39.7 Å². The number of aliphatic hydroxyl groups excluding tert-OH is 1. The first kappa shape index (κ1) is 19.5. The van der Waals surface area contributed by atoms with Crippen LogP contribution in [0.3, 0.4) is 0 Å². The first-order chi connectivity index (χ1) is 11.8. The molecule has 134 valence electrons. The lowest BCUT2D eigenvalue weighted by molar-refractivity contribution is 0.180. The fourth-order valence-corrected chi connectivity index (χ4v) is 3.71.